The Kier molecular flexibility index (Phi) is 4.97. The van der Waals surface area contributed by atoms with Crippen LogP contribution < -0.4 is 10.2 Å². The molecule has 0 spiro atoms. The van der Waals surface area contributed by atoms with E-state index in [2.05, 4.69) is 5.32 Å². The first kappa shape index (κ1) is 13.5. The zero-order valence-electron chi connectivity index (χ0n) is 9.87. The number of nitrogens with one attached hydrogen (secondary N) is 1. The monoisotopic (exact) mass is 254 g/mol. The molecule has 4 nitrogen and oxygen atoms in total. The molecule has 1 aromatic rings. The van der Waals surface area contributed by atoms with Gasteiger partial charge in [-0.25, -0.2) is 0 Å². The van der Waals surface area contributed by atoms with Crippen LogP contribution in [0.1, 0.15) is 17.3 Å². The highest BCUT2D eigenvalue weighted by Gasteiger charge is 2.14. The van der Waals surface area contributed by atoms with E-state index in [4.69, 9.17) is 11.6 Å². The van der Waals surface area contributed by atoms with Crippen molar-refractivity contribution in [3.05, 3.63) is 28.8 Å². The Hall–Kier alpha value is -1.55. The second-order valence-electron chi connectivity index (χ2n) is 3.48. The van der Waals surface area contributed by atoms with Crippen molar-refractivity contribution in [1.29, 1.82) is 0 Å². The molecule has 1 aromatic carbocycles. The van der Waals surface area contributed by atoms with Gasteiger partial charge < -0.3 is 10.2 Å². The third-order valence-electron chi connectivity index (χ3n) is 2.48. The van der Waals surface area contributed by atoms with Crippen molar-refractivity contribution in [1.82, 2.24) is 5.32 Å². The van der Waals surface area contributed by atoms with Gasteiger partial charge in [0.15, 0.2) is 6.29 Å². The second kappa shape index (κ2) is 6.25. The molecule has 0 fully saturated rings. The fraction of sp³-hybridized carbons (Fsp3) is 0.333. The zero-order chi connectivity index (χ0) is 12.8. The molecule has 0 saturated heterocycles. The number of anilines is 1. The summed E-state index contributed by atoms with van der Waals surface area (Å²) in [6.07, 6.45) is 0.712. The Balaban J connectivity index is 3.07. The molecule has 0 bridgehead atoms. The summed E-state index contributed by atoms with van der Waals surface area (Å²) in [5.41, 5.74) is 1.10. The number of nitrogens with zero attached hydrogens (tertiary/aromatic N) is 1. The highest BCUT2D eigenvalue weighted by Crippen LogP contribution is 2.25. The summed E-state index contributed by atoms with van der Waals surface area (Å²) in [5.74, 6) is -0.108. The molecule has 92 valence electrons. The van der Waals surface area contributed by atoms with Crippen LogP contribution in [-0.4, -0.2) is 32.3 Å². The molecule has 0 unspecified atom stereocenters. The maximum atomic E-state index is 11.4. The highest BCUT2D eigenvalue weighted by molar-refractivity contribution is 6.33. The van der Waals surface area contributed by atoms with Gasteiger partial charge in [-0.2, -0.15) is 0 Å². The number of carbonyl (C=O) groups is 2. The van der Waals surface area contributed by atoms with Gasteiger partial charge in [-0.1, -0.05) is 17.7 Å². The van der Waals surface area contributed by atoms with Gasteiger partial charge in [0, 0.05) is 19.3 Å². The highest BCUT2D eigenvalue weighted by atomic mass is 35.5. The molecule has 0 aromatic heterocycles. The van der Waals surface area contributed by atoms with Gasteiger partial charge in [-0.05, 0) is 19.1 Å². The molecule has 0 aliphatic carbocycles. The molecule has 5 heteroatoms. The average Bonchev–Trinajstić information content (AvgIpc) is 2.35. The number of hydrogen-bond acceptors (Lipinski definition) is 3. The first-order valence-electron chi connectivity index (χ1n) is 5.33. The van der Waals surface area contributed by atoms with Crippen LogP contribution in [0, 0.1) is 0 Å². The Morgan fingerprint density at radius 1 is 1.53 bits per heavy atom. The van der Waals surface area contributed by atoms with E-state index in [0.29, 0.717) is 29.1 Å². The SMILES string of the molecule is CCN(CC(=O)NC)c1cccc(Cl)c1C=O. The van der Waals surface area contributed by atoms with Crippen LogP contribution in [0.4, 0.5) is 5.69 Å². The van der Waals surface area contributed by atoms with Crippen molar-refractivity contribution < 1.29 is 9.59 Å². The van der Waals surface area contributed by atoms with Crippen molar-refractivity contribution >= 4 is 29.5 Å². The minimum atomic E-state index is -0.108. The van der Waals surface area contributed by atoms with Crippen LogP contribution in [0.5, 0.6) is 0 Å². The minimum absolute atomic E-state index is 0.108. The summed E-state index contributed by atoms with van der Waals surface area (Å²) >= 11 is 5.94. The van der Waals surface area contributed by atoms with Crippen molar-refractivity contribution in [3.8, 4) is 0 Å². The Morgan fingerprint density at radius 3 is 2.76 bits per heavy atom. The smallest absolute Gasteiger partial charge is 0.239 e. The first-order valence-corrected chi connectivity index (χ1v) is 5.71. The van der Waals surface area contributed by atoms with E-state index in [1.54, 1.807) is 30.1 Å². The molecule has 0 aliphatic rings. The Morgan fingerprint density at radius 2 is 2.24 bits per heavy atom. The summed E-state index contributed by atoms with van der Waals surface area (Å²) in [4.78, 5) is 24.2. The van der Waals surface area contributed by atoms with Gasteiger partial charge >= 0.3 is 0 Å². The normalized spacial score (nSPS) is 9.82. The van der Waals surface area contributed by atoms with Crippen LogP contribution in [-0.2, 0) is 4.79 Å². The van der Waals surface area contributed by atoms with Crippen LogP contribution in [0.2, 0.25) is 5.02 Å². The van der Waals surface area contributed by atoms with Crippen molar-refractivity contribution in [3.63, 3.8) is 0 Å². The second-order valence-corrected chi connectivity index (χ2v) is 3.89. The number of rotatable bonds is 5. The van der Waals surface area contributed by atoms with E-state index in [9.17, 15) is 9.59 Å². The number of benzene rings is 1. The number of amides is 1. The Bertz CT molecular complexity index is 421. The maximum absolute atomic E-state index is 11.4. The van der Waals surface area contributed by atoms with E-state index < -0.39 is 0 Å². The van der Waals surface area contributed by atoms with Crippen molar-refractivity contribution in [2.45, 2.75) is 6.92 Å². The van der Waals surface area contributed by atoms with Gasteiger partial charge in [0.1, 0.15) is 0 Å². The number of aldehydes is 1. The van der Waals surface area contributed by atoms with Crippen LogP contribution in [0.15, 0.2) is 18.2 Å². The molecule has 1 rings (SSSR count). The van der Waals surface area contributed by atoms with Gasteiger partial charge in [0.25, 0.3) is 0 Å². The lowest BCUT2D eigenvalue weighted by Crippen LogP contribution is -2.36. The van der Waals surface area contributed by atoms with Crippen LogP contribution in [0.3, 0.4) is 0 Å². The predicted octanol–water partition coefficient (Wildman–Crippen LogP) is 1.72. The van der Waals surface area contributed by atoms with E-state index in [1.807, 2.05) is 6.92 Å². The van der Waals surface area contributed by atoms with Gasteiger partial charge in [0.05, 0.1) is 17.1 Å². The summed E-state index contributed by atoms with van der Waals surface area (Å²) in [5, 5.41) is 2.95. The van der Waals surface area contributed by atoms with E-state index in [-0.39, 0.29) is 12.5 Å². The molecular weight excluding hydrogens is 240 g/mol. The summed E-state index contributed by atoms with van der Waals surface area (Å²) in [7, 11) is 1.58. The summed E-state index contributed by atoms with van der Waals surface area (Å²) in [6.45, 7) is 2.74. The lowest BCUT2D eigenvalue weighted by Gasteiger charge is -2.23. The summed E-state index contributed by atoms with van der Waals surface area (Å²) < 4.78 is 0. The third-order valence-corrected chi connectivity index (χ3v) is 2.81. The number of carbonyl (C=O) groups excluding carboxylic acids is 2. The lowest BCUT2D eigenvalue weighted by atomic mass is 10.1. The zero-order valence-corrected chi connectivity index (χ0v) is 10.6. The number of hydrogen-bond donors (Lipinski definition) is 1. The number of halogens is 1. The topological polar surface area (TPSA) is 49.4 Å². The first-order chi connectivity index (χ1) is 8.13. The molecule has 0 aliphatic heterocycles. The third kappa shape index (κ3) is 3.20. The summed E-state index contributed by atoms with van der Waals surface area (Å²) in [6, 6.07) is 5.20. The molecule has 17 heavy (non-hydrogen) atoms. The molecule has 0 saturated carbocycles. The Labute approximate surface area is 106 Å². The molecule has 0 heterocycles. The van der Waals surface area contributed by atoms with Crippen LogP contribution in [0.25, 0.3) is 0 Å². The molecule has 0 atom stereocenters. The van der Waals surface area contributed by atoms with Crippen molar-refractivity contribution in [2.75, 3.05) is 25.0 Å². The lowest BCUT2D eigenvalue weighted by molar-refractivity contribution is -0.119. The fourth-order valence-electron chi connectivity index (χ4n) is 1.54. The standard InChI is InChI=1S/C12H15ClN2O2/c1-3-15(7-12(17)14-2)11-6-4-5-10(13)9(11)8-16/h4-6,8H,3,7H2,1-2H3,(H,14,17). The number of likely N-dealkylation sites (N-methyl/N-ethyl adjacent to an activating group) is 2. The van der Waals surface area contributed by atoms with Crippen LogP contribution >= 0.6 is 11.6 Å². The fourth-order valence-corrected chi connectivity index (χ4v) is 1.75. The minimum Gasteiger partial charge on any atom is -0.362 e. The molecule has 1 amide bonds. The average molecular weight is 255 g/mol. The van der Waals surface area contributed by atoms with Gasteiger partial charge in [-0.3, -0.25) is 9.59 Å². The molecular formula is C12H15ClN2O2. The molecule has 0 radical (unpaired) electrons. The molecule has 1 N–H and O–H groups in total. The predicted molar refractivity (Wildman–Crippen MR) is 68.8 cm³/mol. The van der Waals surface area contributed by atoms with E-state index >= 15 is 0 Å². The van der Waals surface area contributed by atoms with Gasteiger partial charge in [0.2, 0.25) is 5.91 Å². The quantitative estimate of drug-likeness (QED) is 0.814. The maximum Gasteiger partial charge on any atom is 0.239 e. The van der Waals surface area contributed by atoms with Crippen molar-refractivity contribution in [2.24, 2.45) is 0 Å². The van der Waals surface area contributed by atoms with E-state index in [0.717, 1.165) is 0 Å². The van der Waals surface area contributed by atoms with E-state index in [1.165, 1.54) is 0 Å². The largest absolute Gasteiger partial charge is 0.362 e. The van der Waals surface area contributed by atoms with Gasteiger partial charge in [-0.15, -0.1) is 0 Å².